The van der Waals surface area contributed by atoms with E-state index in [1.807, 2.05) is 13.0 Å². The largest absolute Gasteiger partial charge is 0.496 e. The third-order valence-corrected chi connectivity index (χ3v) is 4.43. The highest BCUT2D eigenvalue weighted by atomic mass is 79.9. The Morgan fingerprint density at radius 2 is 2.12 bits per heavy atom. The molecule has 0 saturated carbocycles. The van der Waals surface area contributed by atoms with Gasteiger partial charge in [-0.1, -0.05) is 29.8 Å². The normalized spacial score (nSPS) is 22.0. The van der Waals surface area contributed by atoms with Crippen LogP contribution in [0, 0.1) is 6.92 Å². The van der Waals surface area contributed by atoms with Crippen LogP contribution in [0.25, 0.3) is 0 Å². The van der Waals surface area contributed by atoms with Crippen LogP contribution in [0.2, 0.25) is 0 Å². The Bertz CT molecular complexity index is 438. The van der Waals surface area contributed by atoms with Crippen LogP contribution in [-0.2, 0) is 5.41 Å². The van der Waals surface area contributed by atoms with Crippen molar-refractivity contribution in [3.05, 3.63) is 27.2 Å². The van der Waals surface area contributed by atoms with Gasteiger partial charge in [0.25, 0.3) is 0 Å². The van der Waals surface area contributed by atoms with Crippen LogP contribution in [0.4, 0.5) is 0 Å². The highest BCUT2D eigenvalue weighted by Crippen LogP contribution is 2.52. The summed E-state index contributed by atoms with van der Waals surface area (Å²) in [6.45, 7) is 6.31. The predicted molar refractivity (Wildman–Crippen MR) is 68.0 cm³/mol. The molecule has 16 heavy (non-hydrogen) atoms. The summed E-state index contributed by atoms with van der Waals surface area (Å²) in [4.78, 5) is 0. The minimum absolute atomic E-state index is 0.0314. The Kier molecular flexibility index (Phi) is 2.79. The van der Waals surface area contributed by atoms with E-state index in [9.17, 15) is 5.11 Å². The number of rotatable bonds is 1. The van der Waals surface area contributed by atoms with E-state index in [1.165, 1.54) is 0 Å². The van der Waals surface area contributed by atoms with Crippen LogP contribution in [-0.4, -0.2) is 12.2 Å². The number of benzene rings is 1. The van der Waals surface area contributed by atoms with E-state index in [2.05, 4.69) is 29.8 Å². The van der Waals surface area contributed by atoms with Crippen molar-refractivity contribution >= 4 is 15.9 Å². The van der Waals surface area contributed by atoms with Gasteiger partial charge in [0.15, 0.2) is 0 Å². The number of hydrogen-bond donors (Lipinski definition) is 1. The van der Waals surface area contributed by atoms with Gasteiger partial charge in [-0.3, -0.25) is 0 Å². The first kappa shape index (κ1) is 11.9. The zero-order chi connectivity index (χ0) is 12.1. The van der Waals surface area contributed by atoms with Crippen LogP contribution in [0.3, 0.4) is 0 Å². The molecule has 1 N–H and O–H groups in total. The van der Waals surface area contributed by atoms with Crippen LogP contribution < -0.4 is 4.74 Å². The van der Waals surface area contributed by atoms with Crippen molar-refractivity contribution in [3.63, 3.8) is 0 Å². The standard InChI is InChI=1S/C13H17BrO2/c1-7-5-9(16-4)11-10(12(7)14)8(15)6-13(11,2)3/h5,8,15H,6H2,1-4H3. The maximum Gasteiger partial charge on any atom is 0.123 e. The molecule has 0 aliphatic heterocycles. The van der Waals surface area contributed by atoms with Crippen molar-refractivity contribution in [1.29, 1.82) is 0 Å². The van der Waals surface area contributed by atoms with E-state index in [0.29, 0.717) is 0 Å². The maximum atomic E-state index is 10.2. The Hall–Kier alpha value is -0.540. The highest BCUT2D eigenvalue weighted by molar-refractivity contribution is 9.10. The molecule has 0 saturated heterocycles. The number of aliphatic hydroxyl groups excluding tert-OH is 1. The summed E-state index contributed by atoms with van der Waals surface area (Å²) in [6, 6.07) is 2.03. The van der Waals surface area contributed by atoms with Gasteiger partial charge in [0, 0.05) is 15.6 Å². The summed E-state index contributed by atoms with van der Waals surface area (Å²) in [7, 11) is 1.68. The molecule has 0 spiro atoms. The predicted octanol–water partition coefficient (Wildman–Crippen LogP) is 3.48. The SMILES string of the molecule is COc1cc(C)c(Br)c2c1C(C)(C)CC2O. The fourth-order valence-electron chi connectivity index (χ4n) is 2.65. The summed E-state index contributed by atoms with van der Waals surface area (Å²) in [5, 5.41) is 10.2. The Labute approximate surface area is 105 Å². The maximum absolute atomic E-state index is 10.2. The first-order valence-corrected chi connectivity index (χ1v) is 6.23. The summed E-state index contributed by atoms with van der Waals surface area (Å²) in [6.07, 6.45) is 0.356. The Morgan fingerprint density at radius 3 is 2.69 bits per heavy atom. The van der Waals surface area contributed by atoms with Gasteiger partial charge in [-0.2, -0.15) is 0 Å². The van der Waals surface area contributed by atoms with Crippen molar-refractivity contribution in [2.45, 2.75) is 38.7 Å². The first-order chi connectivity index (χ1) is 7.38. The van der Waals surface area contributed by atoms with Crippen molar-refractivity contribution in [1.82, 2.24) is 0 Å². The molecule has 2 rings (SSSR count). The lowest BCUT2D eigenvalue weighted by molar-refractivity contribution is 0.161. The second kappa shape index (κ2) is 3.74. The topological polar surface area (TPSA) is 29.5 Å². The van der Waals surface area contributed by atoms with Gasteiger partial charge in [0.2, 0.25) is 0 Å². The second-order valence-corrected chi connectivity index (χ2v) is 5.90. The lowest BCUT2D eigenvalue weighted by Gasteiger charge is -2.22. The van der Waals surface area contributed by atoms with Gasteiger partial charge in [-0.25, -0.2) is 0 Å². The lowest BCUT2D eigenvalue weighted by atomic mass is 9.85. The summed E-state index contributed by atoms with van der Waals surface area (Å²) in [5.74, 6) is 0.886. The number of ether oxygens (including phenoxy) is 1. The molecule has 0 heterocycles. The molecule has 88 valence electrons. The molecule has 1 unspecified atom stereocenters. The van der Waals surface area contributed by atoms with Gasteiger partial charge in [-0.05, 0) is 30.4 Å². The van der Waals surface area contributed by atoms with Crippen LogP contribution in [0.15, 0.2) is 10.5 Å². The molecule has 1 aromatic rings. The van der Waals surface area contributed by atoms with Crippen LogP contribution in [0.5, 0.6) is 5.75 Å². The molecule has 0 amide bonds. The van der Waals surface area contributed by atoms with Crippen molar-refractivity contribution in [2.75, 3.05) is 7.11 Å². The van der Waals surface area contributed by atoms with Crippen molar-refractivity contribution in [3.8, 4) is 5.75 Å². The summed E-state index contributed by atoms with van der Waals surface area (Å²) >= 11 is 3.57. The summed E-state index contributed by atoms with van der Waals surface area (Å²) in [5.41, 5.74) is 3.21. The lowest BCUT2D eigenvalue weighted by Crippen LogP contribution is -2.14. The van der Waals surface area contributed by atoms with E-state index >= 15 is 0 Å². The zero-order valence-electron chi connectivity index (χ0n) is 10.1. The Morgan fingerprint density at radius 1 is 1.50 bits per heavy atom. The number of methoxy groups -OCH3 is 1. The fraction of sp³-hybridized carbons (Fsp3) is 0.538. The molecular formula is C13H17BrO2. The van der Waals surface area contributed by atoms with E-state index in [1.54, 1.807) is 7.11 Å². The van der Waals surface area contributed by atoms with Gasteiger partial charge in [-0.15, -0.1) is 0 Å². The number of fused-ring (bicyclic) bond motifs is 1. The molecule has 3 heteroatoms. The van der Waals surface area contributed by atoms with Gasteiger partial charge < -0.3 is 9.84 Å². The number of halogens is 1. The van der Waals surface area contributed by atoms with Gasteiger partial charge >= 0.3 is 0 Å². The number of hydrogen-bond acceptors (Lipinski definition) is 2. The fourth-order valence-corrected chi connectivity index (χ4v) is 3.22. The van der Waals surface area contributed by atoms with Gasteiger partial charge in [0.1, 0.15) is 5.75 Å². The van der Waals surface area contributed by atoms with E-state index < -0.39 is 6.10 Å². The number of aliphatic hydroxyl groups is 1. The second-order valence-electron chi connectivity index (χ2n) is 5.10. The average Bonchev–Trinajstić information content (AvgIpc) is 2.43. The van der Waals surface area contributed by atoms with Crippen molar-refractivity contribution in [2.24, 2.45) is 0 Å². The molecule has 1 aromatic carbocycles. The average molecular weight is 285 g/mol. The third-order valence-electron chi connectivity index (χ3n) is 3.38. The number of aryl methyl sites for hydroxylation is 1. The molecule has 1 aliphatic carbocycles. The molecule has 0 fully saturated rings. The molecule has 1 aliphatic rings. The Balaban J connectivity index is 2.77. The van der Waals surface area contributed by atoms with Crippen LogP contribution >= 0.6 is 15.9 Å². The van der Waals surface area contributed by atoms with Crippen LogP contribution in [0.1, 0.15) is 43.1 Å². The molecule has 0 aromatic heterocycles. The minimum Gasteiger partial charge on any atom is -0.496 e. The van der Waals surface area contributed by atoms with E-state index in [0.717, 1.165) is 33.3 Å². The third kappa shape index (κ3) is 1.57. The highest BCUT2D eigenvalue weighted by Gasteiger charge is 2.40. The van der Waals surface area contributed by atoms with Crippen molar-refractivity contribution < 1.29 is 9.84 Å². The monoisotopic (exact) mass is 284 g/mol. The summed E-state index contributed by atoms with van der Waals surface area (Å²) < 4.78 is 6.46. The minimum atomic E-state index is -0.395. The molecule has 2 nitrogen and oxygen atoms in total. The van der Waals surface area contributed by atoms with E-state index in [-0.39, 0.29) is 5.41 Å². The molecule has 0 bridgehead atoms. The zero-order valence-corrected chi connectivity index (χ0v) is 11.7. The van der Waals surface area contributed by atoms with E-state index in [4.69, 9.17) is 4.74 Å². The molecule has 0 radical (unpaired) electrons. The molecule has 1 atom stereocenters. The van der Waals surface area contributed by atoms with Gasteiger partial charge in [0.05, 0.1) is 13.2 Å². The smallest absolute Gasteiger partial charge is 0.123 e. The molecular weight excluding hydrogens is 268 g/mol. The first-order valence-electron chi connectivity index (χ1n) is 5.44. The quantitative estimate of drug-likeness (QED) is 0.856.